The average Bonchev–Trinajstić information content (AvgIpc) is 2.96. The van der Waals surface area contributed by atoms with E-state index in [2.05, 4.69) is 10.2 Å². The second-order valence-corrected chi connectivity index (χ2v) is 8.42. The highest BCUT2D eigenvalue weighted by atomic mass is 16.5. The number of nitrogens with one attached hydrogen (secondary N) is 1. The third kappa shape index (κ3) is 5.72. The van der Waals surface area contributed by atoms with E-state index in [9.17, 15) is 9.59 Å². The third-order valence-electron chi connectivity index (χ3n) is 6.32. The Morgan fingerprint density at radius 3 is 1.81 bits per heavy atom. The lowest BCUT2D eigenvalue weighted by Gasteiger charge is -2.36. The smallest absolute Gasteiger partial charge is 0.255 e. The van der Waals surface area contributed by atoms with E-state index in [-0.39, 0.29) is 11.8 Å². The molecule has 0 bridgehead atoms. The van der Waals surface area contributed by atoms with Gasteiger partial charge in [0.1, 0.15) is 5.75 Å². The van der Waals surface area contributed by atoms with Crippen LogP contribution in [0.4, 0.5) is 11.4 Å². The van der Waals surface area contributed by atoms with Crippen LogP contribution >= 0.6 is 0 Å². The Bertz CT molecular complexity index is 1210. The fraction of sp³-hybridized carbons (Fsp3) is 0.286. The Hall–Kier alpha value is -4.40. The van der Waals surface area contributed by atoms with Crippen LogP contribution in [0.1, 0.15) is 20.7 Å². The number of hydrogen-bond donors (Lipinski definition) is 1. The molecule has 0 saturated carbocycles. The molecule has 0 atom stereocenters. The minimum absolute atomic E-state index is 0.0205. The maximum absolute atomic E-state index is 12.9. The van der Waals surface area contributed by atoms with Gasteiger partial charge in [0.15, 0.2) is 11.5 Å². The molecule has 4 rings (SSSR count). The molecule has 1 saturated heterocycles. The minimum atomic E-state index is -0.294. The van der Waals surface area contributed by atoms with Crippen LogP contribution in [0.3, 0.4) is 0 Å². The summed E-state index contributed by atoms with van der Waals surface area (Å²) in [5, 5.41) is 2.91. The summed E-state index contributed by atoms with van der Waals surface area (Å²) < 4.78 is 21.2. The first-order chi connectivity index (χ1) is 18.0. The standard InChI is InChI=1S/C28H31N3O6/c1-34-23-11-5-19(6-12-23)28(33)31-15-13-30(14-16-31)22-9-7-21(8-10-22)29-27(32)20-17-24(35-2)26(37-4)25(18-20)36-3/h5-12,17-18H,13-16H2,1-4H3,(H,29,32). The van der Waals surface area contributed by atoms with Crippen LogP contribution in [0.25, 0.3) is 0 Å². The molecular weight excluding hydrogens is 474 g/mol. The van der Waals surface area contributed by atoms with Gasteiger partial charge in [-0.1, -0.05) is 0 Å². The molecule has 0 radical (unpaired) electrons. The van der Waals surface area contributed by atoms with Crippen LogP contribution in [-0.4, -0.2) is 71.3 Å². The summed E-state index contributed by atoms with van der Waals surface area (Å²) in [4.78, 5) is 29.8. The Morgan fingerprint density at radius 1 is 0.703 bits per heavy atom. The SMILES string of the molecule is COc1ccc(C(=O)N2CCN(c3ccc(NC(=O)c4cc(OC)c(OC)c(OC)c4)cc3)CC2)cc1. The Morgan fingerprint density at radius 2 is 1.30 bits per heavy atom. The molecule has 0 spiro atoms. The van der Waals surface area contributed by atoms with E-state index >= 15 is 0 Å². The maximum Gasteiger partial charge on any atom is 0.255 e. The van der Waals surface area contributed by atoms with Crippen LogP contribution in [-0.2, 0) is 0 Å². The maximum atomic E-state index is 12.9. The summed E-state index contributed by atoms with van der Waals surface area (Å²) in [6, 6.07) is 18.0. The zero-order valence-corrected chi connectivity index (χ0v) is 21.4. The van der Waals surface area contributed by atoms with Crippen LogP contribution in [0.5, 0.6) is 23.0 Å². The lowest BCUT2D eigenvalue weighted by atomic mass is 10.1. The highest BCUT2D eigenvalue weighted by Gasteiger charge is 2.23. The second kappa shape index (κ2) is 11.6. The van der Waals surface area contributed by atoms with Crippen molar-refractivity contribution >= 4 is 23.2 Å². The van der Waals surface area contributed by atoms with Gasteiger partial charge in [0.2, 0.25) is 5.75 Å². The number of nitrogens with zero attached hydrogens (tertiary/aromatic N) is 2. The minimum Gasteiger partial charge on any atom is -0.497 e. The number of benzene rings is 3. The van der Waals surface area contributed by atoms with Crippen LogP contribution in [0.2, 0.25) is 0 Å². The lowest BCUT2D eigenvalue weighted by molar-refractivity contribution is 0.0746. The van der Waals surface area contributed by atoms with Gasteiger partial charge in [0.05, 0.1) is 28.4 Å². The number of rotatable bonds is 8. The summed E-state index contributed by atoms with van der Waals surface area (Å²) in [6.07, 6.45) is 0. The van der Waals surface area contributed by atoms with E-state index in [1.807, 2.05) is 29.2 Å². The first-order valence-electron chi connectivity index (χ1n) is 11.9. The van der Waals surface area contributed by atoms with Crippen molar-refractivity contribution in [2.75, 3.05) is 64.8 Å². The number of carbonyl (C=O) groups excluding carboxylic acids is 2. The fourth-order valence-corrected chi connectivity index (χ4v) is 4.25. The molecule has 1 aliphatic heterocycles. The molecule has 0 aromatic heterocycles. The Kier molecular flexibility index (Phi) is 8.02. The molecule has 9 heteroatoms. The van der Waals surface area contributed by atoms with Crippen LogP contribution in [0.15, 0.2) is 60.7 Å². The molecule has 0 unspecified atom stereocenters. The Labute approximate surface area is 216 Å². The summed E-state index contributed by atoms with van der Waals surface area (Å²) in [6.45, 7) is 2.70. The largest absolute Gasteiger partial charge is 0.497 e. The number of piperazine rings is 1. The zero-order valence-electron chi connectivity index (χ0n) is 21.4. The topological polar surface area (TPSA) is 89.6 Å². The lowest BCUT2D eigenvalue weighted by Crippen LogP contribution is -2.48. The first-order valence-corrected chi connectivity index (χ1v) is 11.9. The number of amides is 2. The molecule has 3 aromatic carbocycles. The van der Waals surface area contributed by atoms with Crippen molar-refractivity contribution in [2.24, 2.45) is 0 Å². The van der Waals surface area contributed by atoms with E-state index in [1.54, 1.807) is 43.5 Å². The zero-order chi connectivity index (χ0) is 26.4. The number of hydrogen-bond acceptors (Lipinski definition) is 7. The van der Waals surface area contributed by atoms with Gasteiger partial charge in [-0.3, -0.25) is 9.59 Å². The van der Waals surface area contributed by atoms with Crippen molar-refractivity contribution in [2.45, 2.75) is 0 Å². The highest BCUT2D eigenvalue weighted by molar-refractivity contribution is 6.05. The van der Waals surface area contributed by atoms with Gasteiger partial charge < -0.3 is 34.1 Å². The molecule has 9 nitrogen and oxygen atoms in total. The average molecular weight is 506 g/mol. The van der Waals surface area contributed by atoms with Crippen molar-refractivity contribution in [1.82, 2.24) is 4.90 Å². The second-order valence-electron chi connectivity index (χ2n) is 8.42. The first kappa shape index (κ1) is 25.7. The molecule has 1 heterocycles. The predicted molar refractivity (Wildman–Crippen MR) is 142 cm³/mol. The molecule has 1 aliphatic rings. The summed E-state index contributed by atoms with van der Waals surface area (Å²) in [7, 11) is 6.13. The number of methoxy groups -OCH3 is 4. The summed E-state index contributed by atoms with van der Waals surface area (Å²) >= 11 is 0. The van der Waals surface area contributed by atoms with Gasteiger partial charge in [-0.2, -0.15) is 0 Å². The predicted octanol–water partition coefficient (Wildman–Crippen LogP) is 3.94. The van der Waals surface area contributed by atoms with Gasteiger partial charge in [0, 0.05) is 48.7 Å². The van der Waals surface area contributed by atoms with E-state index < -0.39 is 0 Å². The van der Waals surface area contributed by atoms with Gasteiger partial charge in [-0.15, -0.1) is 0 Å². The van der Waals surface area contributed by atoms with Gasteiger partial charge in [-0.25, -0.2) is 0 Å². The van der Waals surface area contributed by atoms with Gasteiger partial charge >= 0.3 is 0 Å². The van der Waals surface area contributed by atoms with Gasteiger partial charge in [0.25, 0.3) is 11.8 Å². The molecule has 37 heavy (non-hydrogen) atoms. The van der Waals surface area contributed by atoms with Crippen molar-refractivity contribution in [1.29, 1.82) is 0 Å². The van der Waals surface area contributed by atoms with E-state index in [4.69, 9.17) is 18.9 Å². The normalized spacial score (nSPS) is 13.1. The molecule has 194 valence electrons. The summed E-state index contributed by atoms with van der Waals surface area (Å²) in [5.74, 6) is 1.70. The fourth-order valence-electron chi connectivity index (χ4n) is 4.25. The molecular formula is C28H31N3O6. The third-order valence-corrected chi connectivity index (χ3v) is 6.32. The molecule has 1 N–H and O–H groups in total. The molecule has 2 amide bonds. The number of carbonyl (C=O) groups is 2. The van der Waals surface area contributed by atoms with Crippen molar-refractivity contribution < 1.29 is 28.5 Å². The van der Waals surface area contributed by atoms with Crippen molar-refractivity contribution in [3.8, 4) is 23.0 Å². The highest BCUT2D eigenvalue weighted by Crippen LogP contribution is 2.38. The van der Waals surface area contributed by atoms with E-state index in [0.717, 1.165) is 24.5 Å². The monoisotopic (exact) mass is 505 g/mol. The van der Waals surface area contributed by atoms with Crippen LogP contribution in [0, 0.1) is 0 Å². The van der Waals surface area contributed by atoms with Crippen molar-refractivity contribution in [3.05, 3.63) is 71.8 Å². The van der Waals surface area contributed by atoms with Gasteiger partial charge in [-0.05, 0) is 60.7 Å². The number of anilines is 2. The Balaban J connectivity index is 1.36. The van der Waals surface area contributed by atoms with Crippen molar-refractivity contribution in [3.63, 3.8) is 0 Å². The number of ether oxygens (including phenoxy) is 4. The quantitative estimate of drug-likeness (QED) is 0.496. The van der Waals surface area contributed by atoms with E-state index in [0.29, 0.717) is 47.2 Å². The molecule has 3 aromatic rings. The summed E-state index contributed by atoms with van der Waals surface area (Å²) in [5.41, 5.74) is 2.73. The van der Waals surface area contributed by atoms with E-state index in [1.165, 1.54) is 21.3 Å². The molecule has 0 aliphatic carbocycles. The molecule has 1 fully saturated rings. The van der Waals surface area contributed by atoms with Crippen LogP contribution < -0.4 is 29.2 Å².